The van der Waals surface area contributed by atoms with Crippen LogP contribution in [0.3, 0.4) is 0 Å². The van der Waals surface area contributed by atoms with E-state index in [9.17, 15) is 19.2 Å². The van der Waals surface area contributed by atoms with Crippen LogP contribution in [0.15, 0.2) is 23.1 Å². The van der Waals surface area contributed by atoms with Crippen LogP contribution >= 0.6 is 11.8 Å². The van der Waals surface area contributed by atoms with E-state index in [4.69, 9.17) is 0 Å². The largest absolute Gasteiger partial charge is 0.359 e. The van der Waals surface area contributed by atoms with Crippen molar-refractivity contribution >= 4 is 35.8 Å². The highest BCUT2D eigenvalue weighted by Crippen LogP contribution is 2.29. The third-order valence-electron chi connectivity index (χ3n) is 3.56. The van der Waals surface area contributed by atoms with Crippen molar-refractivity contribution in [3.63, 3.8) is 0 Å². The van der Waals surface area contributed by atoms with Crippen LogP contribution in [-0.2, 0) is 9.59 Å². The first-order valence-electron chi connectivity index (χ1n) is 6.75. The number of amides is 3. The maximum Gasteiger partial charge on any atom is 0.262 e. The molecule has 1 N–H and O–H groups in total. The Hall–Kier alpha value is -2.15. The first kappa shape index (κ1) is 16.2. The second-order valence-electron chi connectivity index (χ2n) is 4.81. The molecule has 0 saturated heterocycles. The minimum absolute atomic E-state index is 0.0728. The molecule has 0 bridgehead atoms. The third-order valence-corrected chi connectivity index (χ3v) is 4.29. The second kappa shape index (κ2) is 6.74. The Morgan fingerprint density at radius 3 is 2.59 bits per heavy atom. The third kappa shape index (κ3) is 2.89. The van der Waals surface area contributed by atoms with Gasteiger partial charge in [0.05, 0.1) is 17.2 Å². The molecule has 0 saturated carbocycles. The number of carbonyl (C=O) groups excluding carboxylic acids is 4. The van der Waals surface area contributed by atoms with Crippen molar-refractivity contribution < 1.29 is 19.2 Å². The summed E-state index contributed by atoms with van der Waals surface area (Å²) in [6, 6.07) is 4.09. The zero-order valence-electron chi connectivity index (χ0n) is 12.3. The van der Waals surface area contributed by atoms with Crippen LogP contribution < -0.4 is 5.32 Å². The molecule has 7 heteroatoms. The number of rotatable bonds is 6. The van der Waals surface area contributed by atoms with Gasteiger partial charge >= 0.3 is 0 Å². The highest BCUT2D eigenvalue weighted by Gasteiger charge is 2.40. The van der Waals surface area contributed by atoms with E-state index in [1.54, 1.807) is 18.2 Å². The lowest BCUT2D eigenvalue weighted by atomic mass is 10.1. The minimum Gasteiger partial charge on any atom is -0.359 e. The van der Waals surface area contributed by atoms with E-state index >= 15 is 0 Å². The fraction of sp³-hybridized carbons (Fsp3) is 0.333. The molecule has 1 aliphatic rings. The number of imide groups is 1. The van der Waals surface area contributed by atoms with Crippen molar-refractivity contribution in [1.29, 1.82) is 0 Å². The van der Waals surface area contributed by atoms with Gasteiger partial charge in [-0.3, -0.25) is 19.3 Å². The van der Waals surface area contributed by atoms with E-state index in [-0.39, 0.29) is 18.7 Å². The van der Waals surface area contributed by atoms with Gasteiger partial charge in [0.15, 0.2) is 0 Å². The second-order valence-corrected chi connectivity index (χ2v) is 5.69. The molecule has 1 heterocycles. The van der Waals surface area contributed by atoms with Crippen LogP contribution in [0.5, 0.6) is 0 Å². The van der Waals surface area contributed by atoms with Gasteiger partial charge in [-0.15, -0.1) is 11.8 Å². The molecule has 116 valence electrons. The van der Waals surface area contributed by atoms with Crippen molar-refractivity contribution in [1.82, 2.24) is 10.2 Å². The Bertz CT molecular complexity index is 644. The lowest BCUT2D eigenvalue weighted by Crippen LogP contribution is -2.41. The maximum atomic E-state index is 12.4. The van der Waals surface area contributed by atoms with E-state index in [0.29, 0.717) is 17.4 Å². The van der Waals surface area contributed by atoms with Crippen LogP contribution in [0, 0.1) is 0 Å². The number of hydrogen-bond acceptors (Lipinski definition) is 5. The van der Waals surface area contributed by atoms with Gasteiger partial charge in [0.25, 0.3) is 11.8 Å². The number of carbonyl (C=O) groups is 4. The van der Waals surface area contributed by atoms with E-state index < -0.39 is 17.9 Å². The van der Waals surface area contributed by atoms with E-state index in [1.807, 2.05) is 6.26 Å². The Morgan fingerprint density at radius 2 is 2.00 bits per heavy atom. The summed E-state index contributed by atoms with van der Waals surface area (Å²) in [6.07, 6.45) is 2.60. The molecule has 1 aromatic carbocycles. The number of thioether (sulfide) groups is 1. The average Bonchev–Trinajstić information content (AvgIpc) is 2.79. The Morgan fingerprint density at radius 1 is 1.32 bits per heavy atom. The van der Waals surface area contributed by atoms with Crippen LogP contribution in [0.25, 0.3) is 0 Å². The summed E-state index contributed by atoms with van der Waals surface area (Å²) in [5.41, 5.74) is 0.609. The summed E-state index contributed by atoms with van der Waals surface area (Å²) in [5.74, 6) is -1.21. The van der Waals surface area contributed by atoms with E-state index in [0.717, 1.165) is 9.80 Å². The van der Waals surface area contributed by atoms with Crippen molar-refractivity contribution in [2.45, 2.75) is 23.8 Å². The van der Waals surface area contributed by atoms with Crippen LogP contribution in [-0.4, -0.2) is 48.3 Å². The number of nitrogens with one attached hydrogen (secondary N) is 1. The normalized spacial score (nSPS) is 14.7. The molecular formula is C15H16N2O4S. The first-order valence-corrected chi connectivity index (χ1v) is 7.97. The first-order chi connectivity index (χ1) is 10.5. The van der Waals surface area contributed by atoms with Crippen molar-refractivity contribution in [2.75, 3.05) is 13.3 Å². The molecule has 0 spiro atoms. The minimum atomic E-state index is -0.928. The maximum absolute atomic E-state index is 12.4. The molecule has 6 nitrogen and oxygen atoms in total. The quantitative estimate of drug-likeness (QED) is 0.482. The van der Waals surface area contributed by atoms with Crippen molar-refractivity contribution in [3.8, 4) is 0 Å². The highest BCUT2D eigenvalue weighted by molar-refractivity contribution is 7.98. The number of fused-ring (bicyclic) bond motifs is 1. The monoisotopic (exact) mass is 320 g/mol. The summed E-state index contributed by atoms with van der Waals surface area (Å²) in [6.45, 7) is 0. The molecule has 0 radical (unpaired) electrons. The average molecular weight is 320 g/mol. The molecule has 1 atom stereocenters. The van der Waals surface area contributed by atoms with Gasteiger partial charge in [-0.2, -0.15) is 0 Å². The molecule has 3 amide bonds. The fourth-order valence-electron chi connectivity index (χ4n) is 2.33. The van der Waals surface area contributed by atoms with Gasteiger partial charge in [0, 0.05) is 18.4 Å². The van der Waals surface area contributed by atoms with Crippen LogP contribution in [0.2, 0.25) is 0 Å². The van der Waals surface area contributed by atoms with Gasteiger partial charge in [-0.05, 0) is 30.9 Å². The summed E-state index contributed by atoms with van der Waals surface area (Å²) in [5, 5.41) is 2.44. The molecule has 1 aliphatic heterocycles. The zero-order valence-corrected chi connectivity index (χ0v) is 13.1. The zero-order chi connectivity index (χ0) is 16.3. The standard InChI is InChI=1S/C15H16N2O4S/c1-16-13(19)6-3-9(8-18)17-14(20)11-5-4-10(22-2)7-12(11)15(17)21/h4-5,7-9H,3,6H2,1-2H3,(H,16,19). The molecule has 0 aliphatic carbocycles. The summed E-state index contributed by atoms with van der Waals surface area (Å²) in [7, 11) is 1.49. The molecule has 1 aromatic rings. The number of hydrogen-bond donors (Lipinski definition) is 1. The van der Waals surface area contributed by atoms with Gasteiger partial charge in [0.1, 0.15) is 6.29 Å². The number of aldehydes is 1. The number of benzene rings is 1. The fourth-order valence-corrected chi connectivity index (χ4v) is 2.77. The van der Waals surface area contributed by atoms with Gasteiger partial charge in [-0.1, -0.05) is 0 Å². The Balaban J connectivity index is 2.25. The Labute approximate surface area is 132 Å². The summed E-state index contributed by atoms with van der Waals surface area (Å²) >= 11 is 1.47. The topological polar surface area (TPSA) is 83.6 Å². The predicted octanol–water partition coefficient (Wildman–Crippen LogP) is 1.10. The molecule has 2 rings (SSSR count). The van der Waals surface area contributed by atoms with Gasteiger partial charge in [-0.25, -0.2) is 0 Å². The molecule has 0 fully saturated rings. The molecule has 22 heavy (non-hydrogen) atoms. The van der Waals surface area contributed by atoms with Gasteiger partial charge in [0.2, 0.25) is 5.91 Å². The van der Waals surface area contributed by atoms with E-state index in [2.05, 4.69) is 5.32 Å². The molecular weight excluding hydrogens is 304 g/mol. The van der Waals surface area contributed by atoms with Crippen molar-refractivity contribution in [2.24, 2.45) is 0 Å². The molecule has 0 aromatic heterocycles. The number of nitrogens with zero attached hydrogens (tertiary/aromatic N) is 1. The highest BCUT2D eigenvalue weighted by atomic mass is 32.2. The SMILES string of the molecule is CNC(=O)CCC(C=O)N1C(=O)c2ccc(SC)cc2C1=O. The van der Waals surface area contributed by atoms with Gasteiger partial charge < -0.3 is 10.1 Å². The molecule has 1 unspecified atom stereocenters. The van der Waals surface area contributed by atoms with E-state index in [1.165, 1.54) is 18.8 Å². The van der Waals surface area contributed by atoms with Crippen LogP contribution in [0.1, 0.15) is 33.6 Å². The smallest absolute Gasteiger partial charge is 0.262 e. The summed E-state index contributed by atoms with van der Waals surface area (Å²) in [4.78, 5) is 49.2. The lowest BCUT2D eigenvalue weighted by Gasteiger charge is -2.20. The summed E-state index contributed by atoms with van der Waals surface area (Å²) < 4.78 is 0. The van der Waals surface area contributed by atoms with Crippen LogP contribution in [0.4, 0.5) is 0 Å². The Kier molecular flexibility index (Phi) is 4.97. The lowest BCUT2D eigenvalue weighted by molar-refractivity contribution is -0.121. The van der Waals surface area contributed by atoms with Crippen molar-refractivity contribution in [3.05, 3.63) is 29.3 Å². The predicted molar refractivity (Wildman–Crippen MR) is 81.9 cm³/mol.